The molecule has 92 valence electrons. The monoisotopic (exact) mass is 238 g/mol. The van der Waals surface area contributed by atoms with Crippen LogP contribution in [-0.4, -0.2) is 42.9 Å². The minimum Gasteiger partial charge on any atom is -0.481 e. The van der Waals surface area contributed by atoms with Crippen LogP contribution < -0.4 is 14.4 Å². The molecule has 1 aromatic rings. The predicted octanol–water partition coefficient (Wildman–Crippen LogP) is 0.196. The zero-order valence-electron chi connectivity index (χ0n) is 9.71. The average Bonchev–Trinajstić information content (AvgIpc) is 2.67. The number of aliphatic hydroxyl groups is 1. The van der Waals surface area contributed by atoms with Crippen LogP contribution in [0.1, 0.15) is 6.42 Å². The van der Waals surface area contributed by atoms with E-state index in [1.165, 1.54) is 19.1 Å². The van der Waals surface area contributed by atoms with Crippen LogP contribution in [0.4, 0.5) is 5.69 Å². The summed E-state index contributed by atoms with van der Waals surface area (Å²) in [6, 6.07) is 3.34. The van der Waals surface area contributed by atoms with Crippen molar-refractivity contribution in [1.82, 2.24) is 4.98 Å². The van der Waals surface area contributed by atoms with Crippen molar-refractivity contribution < 1.29 is 19.4 Å². The number of rotatable bonds is 3. The van der Waals surface area contributed by atoms with Crippen LogP contribution in [0.5, 0.6) is 11.8 Å². The van der Waals surface area contributed by atoms with Crippen LogP contribution >= 0.6 is 0 Å². The van der Waals surface area contributed by atoms with Gasteiger partial charge >= 0.3 is 0 Å². The number of hydrogen-bond acceptors (Lipinski definition) is 5. The maximum Gasteiger partial charge on any atom is 0.241 e. The van der Waals surface area contributed by atoms with E-state index >= 15 is 0 Å². The summed E-state index contributed by atoms with van der Waals surface area (Å²) in [6.45, 7) is 0.267. The van der Waals surface area contributed by atoms with Crippen molar-refractivity contribution in [2.75, 3.05) is 25.7 Å². The van der Waals surface area contributed by atoms with Crippen molar-refractivity contribution in [3.63, 3.8) is 0 Å². The molecular weight excluding hydrogens is 224 g/mol. The molecule has 0 spiro atoms. The quantitative estimate of drug-likeness (QED) is 0.814. The largest absolute Gasteiger partial charge is 0.481 e. The van der Waals surface area contributed by atoms with E-state index in [1.807, 2.05) is 0 Å². The summed E-state index contributed by atoms with van der Waals surface area (Å²) in [7, 11) is 2.98. The van der Waals surface area contributed by atoms with Crippen LogP contribution in [0, 0.1) is 0 Å². The minimum absolute atomic E-state index is 0.134. The lowest BCUT2D eigenvalue weighted by molar-refractivity contribution is -0.117. The number of aliphatic hydroxyl groups excluding tert-OH is 1. The summed E-state index contributed by atoms with van der Waals surface area (Å²) in [4.78, 5) is 17.2. The molecule has 0 radical (unpaired) electrons. The van der Waals surface area contributed by atoms with E-state index in [1.54, 1.807) is 12.1 Å². The average molecular weight is 238 g/mol. The molecule has 1 fully saturated rings. The van der Waals surface area contributed by atoms with Gasteiger partial charge in [-0.3, -0.25) is 4.79 Å². The van der Waals surface area contributed by atoms with Gasteiger partial charge in [0.15, 0.2) is 0 Å². The van der Waals surface area contributed by atoms with E-state index in [4.69, 9.17) is 9.47 Å². The molecule has 6 nitrogen and oxygen atoms in total. The number of amides is 1. The third kappa shape index (κ3) is 2.16. The SMILES string of the molecule is COc1ccc(N2CC(O)CC2=O)c(OC)n1. The molecular formula is C11H14N2O4. The van der Waals surface area contributed by atoms with Gasteiger partial charge in [0.05, 0.1) is 33.3 Å². The number of carbonyl (C=O) groups is 1. The van der Waals surface area contributed by atoms with Gasteiger partial charge in [-0.05, 0) is 6.07 Å². The lowest BCUT2D eigenvalue weighted by atomic mass is 10.3. The maximum absolute atomic E-state index is 11.7. The Hall–Kier alpha value is -1.82. The molecule has 0 saturated carbocycles. The standard InChI is InChI=1S/C11H14N2O4/c1-16-9-4-3-8(11(12-9)17-2)13-6-7(14)5-10(13)15/h3-4,7,14H,5-6H2,1-2H3. The van der Waals surface area contributed by atoms with E-state index in [-0.39, 0.29) is 18.9 Å². The van der Waals surface area contributed by atoms with Crippen LogP contribution in [0.3, 0.4) is 0 Å². The third-order valence-corrected chi connectivity index (χ3v) is 2.61. The summed E-state index contributed by atoms with van der Waals surface area (Å²) in [5, 5.41) is 9.45. The minimum atomic E-state index is -0.630. The Morgan fingerprint density at radius 1 is 1.41 bits per heavy atom. The first-order chi connectivity index (χ1) is 8.15. The predicted molar refractivity (Wildman–Crippen MR) is 60.3 cm³/mol. The number of carbonyl (C=O) groups excluding carboxylic acids is 1. The van der Waals surface area contributed by atoms with Gasteiger partial charge in [-0.25, -0.2) is 0 Å². The molecule has 2 rings (SSSR count). The number of anilines is 1. The zero-order valence-corrected chi connectivity index (χ0v) is 9.71. The highest BCUT2D eigenvalue weighted by atomic mass is 16.5. The molecule has 1 unspecified atom stereocenters. The smallest absolute Gasteiger partial charge is 0.241 e. The number of hydrogen-bond donors (Lipinski definition) is 1. The Balaban J connectivity index is 2.35. The molecule has 1 aliphatic heterocycles. The van der Waals surface area contributed by atoms with E-state index < -0.39 is 6.10 Å². The molecule has 1 amide bonds. The van der Waals surface area contributed by atoms with Crippen molar-refractivity contribution >= 4 is 11.6 Å². The van der Waals surface area contributed by atoms with Gasteiger partial charge in [-0.1, -0.05) is 0 Å². The van der Waals surface area contributed by atoms with Crippen LogP contribution in [0.2, 0.25) is 0 Å². The molecule has 6 heteroatoms. The van der Waals surface area contributed by atoms with Gasteiger partial charge in [0.2, 0.25) is 17.7 Å². The molecule has 1 atom stereocenters. The Kier molecular flexibility index (Phi) is 3.14. The Bertz CT molecular complexity index is 435. The second-order valence-corrected chi connectivity index (χ2v) is 3.74. The van der Waals surface area contributed by atoms with E-state index in [0.717, 1.165) is 0 Å². The highest BCUT2D eigenvalue weighted by molar-refractivity contribution is 5.97. The summed E-state index contributed by atoms with van der Waals surface area (Å²) in [6.07, 6.45) is -0.496. The van der Waals surface area contributed by atoms with Crippen LogP contribution in [-0.2, 0) is 4.79 Å². The Morgan fingerprint density at radius 3 is 2.71 bits per heavy atom. The lowest BCUT2D eigenvalue weighted by Gasteiger charge is -2.18. The number of methoxy groups -OCH3 is 2. The van der Waals surface area contributed by atoms with Gasteiger partial charge in [-0.15, -0.1) is 0 Å². The fourth-order valence-electron chi connectivity index (χ4n) is 1.81. The van der Waals surface area contributed by atoms with Crippen molar-refractivity contribution in [1.29, 1.82) is 0 Å². The second kappa shape index (κ2) is 4.58. The van der Waals surface area contributed by atoms with E-state index in [2.05, 4.69) is 4.98 Å². The Labute approximate surface area is 98.8 Å². The van der Waals surface area contributed by atoms with Gasteiger partial charge < -0.3 is 19.5 Å². The highest BCUT2D eigenvalue weighted by Gasteiger charge is 2.31. The normalized spacial score (nSPS) is 19.6. The van der Waals surface area contributed by atoms with Crippen LogP contribution in [0.25, 0.3) is 0 Å². The molecule has 17 heavy (non-hydrogen) atoms. The summed E-state index contributed by atoms with van der Waals surface area (Å²) in [5.41, 5.74) is 0.551. The van der Waals surface area contributed by atoms with E-state index in [0.29, 0.717) is 17.4 Å². The molecule has 1 aliphatic rings. The second-order valence-electron chi connectivity index (χ2n) is 3.74. The first kappa shape index (κ1) is 11.7. The van der Waals surface area contributed by atoms with Gasteiger partial charge in [0, 0.05) is 6.07 Å². The number of aromatic nitrogens is 1. The van der Waals surface area contributed by atoms with E-state index in [9.17, 15) is 9.90 Å². The number of pyridine rings is 1. The number of nitrogens with zero attached hydrogens (tertiary/aromatic N) is 2. The fourth-order valence-corrected chi connectivity index (χ4v) is 1.81. The van der Waals surface area contributed by atoms with Crippen molar-refractivity contribution in [3.8, 4) is 11.8 Å². The van der Waals surface area contributed by atoms with Gasteiger partial charge in [0.25, 0.3) is 0 Å². The molecule has 1 aromatic heterocycles. The zero-order chi connectivity index (χ0) is 12.4. The summed E-state index contributed by atoms with van der Waals surface area (Å²) < 4.78 is 10.1. The number of β-amino-alcohol motifs (C(OH)–C–C–N with tert-alkyl or cyclic N) is 1. The van der Waals surface area contributed by atoms with Crippen molar-refractivity contribution in [2.24, 2.45) is 0 Å². The van der Waals surface area contributed by atoms with Crippen molar-refractivity contribution in [2.45, 2.75) is 12.5 Å². The first-order valence-corrected chi connectivity index (χ1v) is 5.23. The van der Waals surface area contributed by atoms with Gasteiger partial charge in [0.1, 0.15) is 5.69 Å². The molecule has 0 aliphatic carbocycles. The molecule has 0 aromatic carbocycles. The Morgan fingerprint density at radius 2 is 2.18 bits per heavy atom. The molecule has 1 saturated heterocycles. The highest BCUT2D eigenvalue weighted by Crippen LogP contribution is 2.31. The summed E-state index contributed by atoms with van der Waals surface area (Å²) >= 11 is 0. The third-order valence-electron chi connectivity index (χ3n) is 2.61. The first-order valence-electron chi connectivity index (χ1n) is 5.23. The van der Waals surface area contributed by atoms with Crippen LogP contribution in [0.15, 0.2) is 12.1 Å². The fraction of sp³-hybridized carbons (Fsp3) is 0.455. The maximum atomic E-state index is 11.7. The van der Waals surface area contributed by atoms with Crippen molar-refractivity contribution in [3.05, 3.63) is 12.1 Å². The topological polar surface area (TPSA) is 71.9 Å². The summed E-state index contributed by atoms with van der Waals surface area (Å²) in [5.74, 6) is 0.590. The molecule has 0 bridgehead atoms. The van der Waals surface area contributed by atoms with Gasteiger partial charge in [-0.2, -0.15) is 4.98 Å². The lowest BCUT2D eigenvalue weighted by Crippen LogP contribution is -2.26. The number of ether oxygens (including phenoxy) is 2. The molecule has 1 N–H and O–H groups in total. The molecule has 2 heterocycles.